The SMILES string of the molecule is CCCCCCN(C(=O)CCCCCOc1ccc2c(c1)CN1CC(=O)NC1=N2)c1ccccc1. The van der Waals surface area contributed by atoms with Gasteiger partial charge in [0.25, 0.3) is 0 Å². The lowest BCUT2D eigenvalue weighted by molar-refractivity contribution is -0.119. The molecule has 0 atom stereocenters. The van der Waals surface area contributed by atoms with E-state index in [1.807, 2.05) is 58.3 Å². The van der Waals surface area contributed by atoms with Gasteiger partial charge in [-0.05, 0) is 56.0 Å². The van der Waals surface area contributed by atoms with Crippen molar-refractivity contribution in [2.45, 2.75) is 64.8 Å². The molecule has 2 heterocycles. The van der Waals surface area contributed by atoms with Gasteiger partial charge in [-0.25, -0.2) is 4.99 Å². The van der Waals surface area contributed by atoms with Crippen LogP contribution in [0, 0.1) is 0 Å². The Bertz CT molecular complexity index is 1040. The topological polar surface area (TPSA) is 74.2 Å². The van der Waals surface area contributed by atoms with Gasteiger partial charge in [0.1, 0.15) is 12.3 Å². The molecular formula is C28H36N4O3. The smallest absolute Gasteiger partial charge is 0.246 e. The van der Waals surface area contributed by atoms with Gasteiger partial charge in [-0.2, -0.15) is 0 Å². The van der Waals surface area contributed by atoms with Gasteiger partial charge in [0.15, 0.2) is 0 Å². The maximum absolute atomic E-state index is 13.0. The fraction of sp³-hybridized carbons (Fsp3) is 0.464. The standard InChI is InChI=1S/C28H36N4O3/c1-2-3-4-10-17-32(23-12-7-5-8-13-23)27(34)14-9-6-11-18-35-24-15-16-25-22(19-24)20-31-21-26(33)30-28(31)29-25/h5,7-8,12-13,15-16,19H,2-4,6,9-11,14,17-18,20-21H2,1H3,(H,29,30,33). The van der Waals surface area contributed by atoms with E-state index in [0.29, 0.717) is 32.1 Å². The van der Waals surface area contributed by atoms with Crippen LogP contribution in [-0.4, -0.2) is 42.4 Å². The predicted octanol–water partition coefficient (Wildman–Crippen LogP) is 5.17. The van der Waals surface area contributed by atoms with Crippen molar-refractivity contribution in [3.8, 4) is 5.75 Å². The molecule has 0 bridgehead atoms. The summed E-state index contributed by atoms with van der Waals surface area (Å²) < 4.78 is 5.96. The quantitative estimate of drug-likeness (QED) is 0.405. The van der Waals surface area contributed by atoms with Crippen molar-refractivity contribution >= 4 is 29.1 Å². The highest BCUT2D eigenvalue weighted by atomic mass is 16.5. The van der Waals surface area contributed by atoms with Crippen LogP contribution >= 0.6 is 0 Å². The number of carbonyl (C=O) groups is 2. The molecule has 35 heavy (non-hydrogen) atoms. The summed E-state index contributed by atoms with van der Waals surface area (Å²) in [5, 5.41) is 2.78. The van der Waals surface area contributed by atoms with Crippen LogP contribution in [0.4, 0.5) is 11.4 Å². The number of nitrogens with zero attached hydrogens (tertiary/aromatic N) is 3. The van der Waals surface area contributed by atoms with Crippen LogP contribution in [0.3, 0.4) is 0 Å². The number of amides is 2. The number of hydrogen-bond donors (Lipinski definition) is 1. The van der Waals surface area contributed by atoms with E-state index in [2.05, 4.69) is 17.2 Å². The number of para-hydroxylation sites is 1. The van der Waals surface area contributed by atoms with Gasteiger partial charge in [-0.15, -0.1) is 0 Å². The number of guanidine groups is 1. The molecule has 2 aliphatic heterocycles. The average molecular weight is 477 g/mol. The lowest BCUT2D eigenvalue weighted by Gasteiger charge is -2.23. The van der Waals surface area contributed by atoms with Gasteiger partial charge >= 0.3 is 0 Å². The van der Waals surface area contributed by atoms with Crippen molar-refractivity contribution in [2.75, 3.05) is 24.6 Å². The van der Waals surface area contributed by atoms with E-state index in [0.717, 1.165) is 61.3 Å². The van der Waals surface area contributed by atoms with Crippen molar-refractivity contribution < 1.29 is 14.3 Å². The van der Waals surface area contributed by atoms with Gasteiger partial charge in [0.2, 0.25) is 17.8 Å². The number of benzene rings is 2. The zero-order chi connectivity index (χ0) is 24.5. The molecule has 0 aromatic heterocycles. The summed E-state index contributed by atoms with van der Waals surface area (Å²) in [6, 6.07) is 15.9. The second-order valence-corrected chi connectivity index (χ2v) is 9.23. The number of fused-ring (bicyclic) bond motifs is 2. The van der Waals surface area contributed by atoms with Crippen LogP contribution in [0.2, 0.25) is 0 Å². The monoisotopic (exact) mass is 476 g/mol. The summed E-state index contributed by atoms with van der Waals surface area (Å²) in [5.74, 6) is 1.64. The molecule has 1 fully saturated rings. The molecule has 0 saturated carbocycles. The minimum atomic E-state index is -0.0186. The maximum atomic E-state index is 13.0. The summed E-state index contributed by atoms with van der Waals surface area (Å²) in [7, 11) is 0. The lowest BCUT2D eigenvalue weighted by atomic mass is 10.1. The lowest BCUT2D eigenvalue weighted by Crippen LogP contribution is -2.32. The molecule has 2 aromatic rings. The minimum Gasteiger partial charge on any atom is -0.494 e. The highest BCUT2D eigenvalue weighted by Crippen LogP contribution is 2.30. The Morgan fingerprint density at radius 1 is 1.03 bits per heavy atom. The van der Waals surface area contributed by atoms with E-state index in [-0.39, 0.29) is 11.8 Å². The zero-order valence-electron chi connectivity index (χ0n) is 20.7. The third kappa shape index (κ3) is 6.84. The van der Waals surface area contributed by atoms with Gasteiger partial charge < -0.3 is 14.5 Å². The van der Waals surface area contributed by atoms with E-state index in [1.54, 1.807) is 0 Å². The fourth-order valence-corrected chi connectivity index (χ4v) is 4.51. The van der Waals surface area contributed by atoms with Crippen molar-refractivity contribution in [2.24, 2.45) is 4.99 Å². The molecule has 2 aliphatic rings. The number of nitrogens with one attached hydrogen (secondary N) is 1. The molecule has 7 nitrogen and oxygen atoms in total. The Morgan fingerprint density at radius 3 is 2.69 bits per heavy atom. The molecule has 0 aliphatic carbocycles. The first-order valence-corrected chi connectivity index (χ1v) is 12.9. The van der Waals surface area contributed by atoms with E-state index in [9.17, 15) is 9.59 Å². The van der Waals surface area contributed by atoms with Gasteiger partial charge in [-0.3, -0.25) is 14.9 Å². The fourth-order valence-electron chi connectivity index (χ4n) is 4.51. The van der Waals surface area contributed by atoms with Crippen LogP contribution < -0.4 is 15.0 Å². The first-order valence-electron chi connectivity index (χ1n) is 12.9. The van der Waals surface area contributed by atoms with Crippen molar-refractivity contribution in [1.82, 2.24) is 10.2 Å². The van der Waals surface area contributed by atoms with E-state index < -0.39 is 0 Å². The normalized spacial score (nSPS) is 14.1. The molecule has 1 N–H and O–H groups in total. The van der Waals surface area contributed by atoms with Crippen LogP contribution in [0.1, 0.15) is 63.9 Å². The average Bonchev–Trinajstić information content (AvgIpc) is 3.23. The van der Waals surface area contributed by atoms with Crippen LogP contribution in [0.5, 0.6) is 5.75 Å². The summed E-state index contributed by atoms with van der Waals surface area (Å²) >= 11 is 0. The minimum absolute atomic E-state index is 0.0186. The zero-order valence-corrected chi connectivity index (χ0v) is 20.7. The molecular weight excluding hydrogens is 440 g/mol. The molecule has 1 saturated heterocycles. The van der Waals surface area contributed by atoms with Crippen LogP contribution in [0.25, 0.3) is 0 Å². The van der Waals surface area contributed by atoms with Crippen LogP contribution in [-0.2, 0) is 16.1 Å². The van der Waals surface area contributed by atoms with Crippen LogP contribution in [0.15, 0.2) is 53.5 Å². The molecule has 2 aromatic carbocycles. The molecule has 2 amide bonds. The second kappa shape index (κ2) is 12.4. The van der Waals surface area contributed by atoms with Gasteiger partial charge in [0, 0.05) is 30.8 Å². The third-order valence-corrected chi connectivity index (χ3v) is 6.43. The second-order valence-electron chi connectivity index (χ2n) is 9.23. The molecule has 0 radical (unpaired) electrons. The molecule has 0 unspecified atom stereocenters. The van der Waals surface area contributed by atoms with Crippen molar-refractivity contribution in [1.29, 1.82) is 0 Å². The Kier molecular flexibility index (Phi) is 8.76. The number of anilines is 1. The first-order chi connectivity index (χ1) is 17.1. The Labute approximate surface area is 208 Å². The number of ether oxygens (including phenoxy) is 1. The number of aliphatic imine (C=N–C) groups is 1. The molecule has 186 valence electrons. The third-order valence-electron chi connectivity index (χ3n) is 6.43. The molecule has 7 heteroatoms. The van der Waals surface area contributed by atoms with Gasteiger partial charge in [-0.1, -0.05) is 44.4 Å². The van der Waals surface area contributed by atoms with Crippen molar-refractivity contribution in [3.05, 3.63) is 54.1 Å². The van der Waals surface area contributed by atoms with E-state index >= 15 is 0 Å². The summed E-state index contributed by atoms with van der Waals surface area (Å²) in [4.78, 5) is 33.0. The maximum Gasteiger partial charge on any atom is 0.246 e. The Balaban J connectivity index is 1.18. The number of hydrogen-bond acceptors (Lipinski definition) is 5. The number of rotatable bonds is 13. The molecule has 0 spiro atoms. The highest BCUT2D eigenvalue weighted by molar-refractivity contribution is 6.05. The summed E-state index contributed by atoms with van der Waals surface area (Å²) in [6.45, 7) is 4.61. The predicted molar refractivity (Wildman–Crippen MR) is 139 cm³/mol. The summed E-state index contributed by atoms with van der Waals surface area (Å²) in [5.41, 5.74) is 2.94. The summed E-state index contributed by atoms with van der Waals surface area (Å²) in [6.07, 6.45) is 7.88. The number of carbonyl (C=O) groups excluding carboxylic acids is 2. The Hall–Kier alpha value is -3.35. The van der Waals surface area contributed by atoms with Crippen molar-refractivity contribution in [3.63, 3.8) is 0 Å². The van der Waals surface area contributed by atoms with E-state index in [1.165, 1.54) is 12.8 Å². The first kappa shape index (κ1) is 24.8. The van der Waals surface area contributed by atoms with Gasteiger partial charge in [0.05, 0.1) is 12.3 Å². The van der Waals surface area contributed by atoms with E-state index in [4.69, 9.17) is 4.74 Å². The highest BCUT2D eigenvalue weighted by Gasteiger charge is 2.29. The molecule has 4 rings (SSSR count). The number of unbranched alkanes of at least 4 members (excludes halogenated alkanes) is 5. The Morgan fingerprint density at radius 2 is 1.86 bits per heavy atom. The largest absolute Gasteiger partial charge is 0.494 e.